The third-order valence-corrected chi connectivity index (χ3v) is 7.80. The molecule has 3 rings (SSSR count). The number of thiophene rings is 1. The molecule has 0 saturated heterocycles. The molecule has 25 heavy (non-hydrogen) atoms. The summed E-state index contributed by atoms with van der Waals surface area (Å²) in [7, 11) is 3.23. The number of benzene rings is 2. The lowest BCUT2D eigenvalue weighted by molar-refractivity contribution is 0.0992. The van der Waals surface area contributed by atoms with E-state index in [9.17, 15) is 4.79 Å². The van der Waals surface area contributed by atoms with Gasteiger partial charge >= 0.3 is 0 Å². The fourth-order valence-corrected chi connectivity index (χ4v) is 4.98. The molecular formula is C19H16Br2O3S. The molecule has 0 bridgehead atoms. The summed E-state index contributed by atoms with van der Waals surface area (Å²) < 4.78 is 11.7. The smallest absolute Gasteiger partial charge is 0.191 e. The minimum atomic E-state index is -0.414. The molecular weight excluding hydrogens is 468 g/mol. The Labute approximate surface area is 167 Å². The van der Waals surface area contributed by atoms with Crippen LogP contribution in [0.3, 0.4) is 0 Å². The van der Waals surface area contributed by atoms with E-state index in [1.165, 1.54) is 11.3 Å². The van der Waals surface area contributed by atoms with Gasteiger partial charge in [0.15, 0.2) is 5.78 Å². The molecule has 2 atom stereocenters. The Balaban J connectivity index is 1.91. The van der Waals surface area contributed by atoms with Crippen LogP contribution < -0.4 is 9.47 Å². The number of ketones is 1. The minimum absolute atomic E-state index is 0.00394. The number of alkyl halides is 2. The number of fused-ring (bicyclic) bond motifs is 1. The Morgan fingerprint density at radius 3 is 2.32 bits per heavy atom. The van der Waals surface area contributed by atoms with E-state index in [4.69, 9.17) is 9.47 Å². The second-order valence-electron chi connectivity index (χ2n) is 5.40. The Morgan fingerprint density at radius 2 is 1.68 bits per heavy atom. The molecule has 2 unspecified atom stereocenters. The average Bonchev–Trinajstić information content (AvgIpc) is 3.04. The van der Waals surface area contributed by atoms with Crippen LogP contribution in [0.5, 0.6) is 11.5 Å². The zero-order valence-electron chi connectivity index (χ0n) is 13.7. The SMILES string of the molecule is COc1ccc(C(Br)C(Br)C(=O)c2sc3ccccc3c2OC)cc1. The summed E-state index contributed by atoms with van der Waals surface area (Å²) in [6, 6.07) is 15.5. The van der Waals surface area contributed by atoms with E-state index in [0.29, 0.717) is 10.6 Å². The number of carbonyl (C=O) groups is 1. The van der Waals surface area contributed by atoms with E-state index in [1.807, 2.05) is 48.5 Å². The van der Waals surface area contributed by atoms with E-state index in [-0.39, 0.29) is 10.6 Å². The Morgan fingerprint density at radius 1 is 1.00 bits per heavy atom. The fraction of sp³-hybridized carbons (Fsp3) is 0.211. The van der Waals surface area contributed by atoms with Crippen LogP contribution in [0.25, 0.3) is 10.1 Å². The maximum absolute atomic E-state index is 13.1. The number of methoxy groups -OCH3 is 2. The van der Waals surface area contributed by atoms with Crippen LogP contribution in [-0.2, 0) is 0 Å². The van der Waals surface area contributed by atoms with Crippen LogP contribution in [0.4, 0.5) is 0 Å². The molecule has 0 saturated carbocycles. The number of carbonyl (C=O) groups excluding carboxylic acids is 1. The van der Waals surface area contributed by atoms with Crippen molar-refractivity contribution in [1.29, 1.82) is 0 Å². The van der Waals surface area contributed by atoms with E-state index in [0.717, 1.165) is 21.4 Å². The summed E-state index contributed by atoms with van der Waals surface area (Å²) in [4.78, 5) is 13.1. The van der Waals surface area contributed by atoms with Crippen molar-refractivity contribution in [2.45, 2.75) is 9.65 Å². The van der Waals surface area contributed by atoms with E-state index in [1.54, 1.807) is 14.2 Å². The van der Waals surface area contributed by atoms with Gasteiger partial charge in [0.2, 0.25) is 0 Å². The number of hydrogen-bond donors (Lipinski definition) is 0. The molecule has 0 radical (unpaired) electrons. The maximum Gasteiger partial charge on any atom is 0.191 e. The van der Waals surface area contributed by atoms with Gasteiger partial charge in [0.25, 0.3) is 0 Å². The molecule has 0 aliphatic rings. The summed E-state index contributed by atoms with van der Waals surface area (Å²) in [5, 5.41) is 0.966. The van der Waals surface area contributed by atoms with Gasteiger partial charge in [0.05, 0.1) is 23.9 Å². The minimum Gasteiger partial charge on any atom is -0.497 e. The van der Waals surface area contributed by atoms with Crippen LogP contribution in [-0.4, -0.2) is 24.8 Å². The van der Waals surface area contributed by atoms with Crippen molar-refractivity contribution in [3.8, 4) is 11.5 Å². The van der Waals surface area contributed by atoms with Gasteiger partial charge in [0, 0.05) is 10.1 Å². The van der Waals surface area contributed by atoms with Gasteiger partial charge in [0.1, 0.15) is 16.4 Å². The van der Waals surface area contributed by atoms with Gasteiger partial charge in [-0.05, 0) is 29.8 Å². The predicted octanol–water partition coefficient (Wildman–Crippen LogP) is 6.00. The molecule has 3 aromatic rings. The molecule has 6 heteroatoms. The average molecular weight is 484 g/mol. The molecule has 0 N–H and O–H groups in total. The molecule has 130 valence electrons. The molecule has 0 spiro atoms. The summed E-state index contributed by atoms with van der Waals surface area (Å²) >= 11 is 8.66. The van der Waals surface area contributed by atoms with Gasteiger partial charge in [-0.1, -0.05) is 56.1 Å². The summed E-state index contributed by atoms with van der Waals surface area (Å²) in [6.07, 6.45) is 0. The van der Waals surface area contributed by atoms with Crippen molar-refractivity contribution in [2.75, 3.05) is 14.2 Å². The molecule has 2 aromatic carbocycles. The van der Waals surface area contributed by atoms with Gasteiger partial charge < -0.3 is 9.47 Å². The largest absolute Gasteiger partial charge is 0.497 e. The highest BCUT2D eigenvalue weighted by Crippen LogP contribution is 2.42. The molecule has 3 nitrogen and oxygen atoms in total. The Bertz CT molecular complexity index is 889. The summed E-state index contributed by atoms with van der Waals surface area (Å²) in [6.45, 7) is 0. The number of hydrogen-bond acceptors (Lipinski definition) is 4. The highest BCUT2D eigenvalue weighted by Gasteiger charge is 2.30. The van der Waals surface area contributed by atoms with E-state index in [2.05, 4.69) is 31.9 Å². The van der Waals surface area contributed by atoms with Crippen molar-refractivity contribution in [3.63, 3.8) is 0 Å². The Hall–Kier alpha value is -1.37. The van der Waals surface area contributed by atoms with Crippen LogP contribution in [0, 0.1) is 0 Å². The second kappa shape index (κ2) is 7.89. The highest BCUT2D eigenvalue weighted by atomic mass is 79.9. The van der Waals surface area contributed by atoms with E-state index >= 15 is 0 Å². The molecule has 1 heterocycles. The maximum atomic E-state index is 13.1. The number of halogens is 2. The molecule has 0 aliphatic heterocycles. The lowest BCUT2D eigenvalue weighted by Crippen LogP contribution is -2.18. The highest BCUT2D eigenvalue weighted by molar-refractivity contribution is 9.12. The topological polar surface area (TPSA) is 35.5 Å². The Kier molecular flexibility index (Phi) is 5.81. The van der Waals surface area contributed by atoms with Gasteiger partial charge in [-0.25, -0.2) is 0 Å². The van der Waals surface area contributed by atoms with E-state index < -0.39 is 4.83 Å². The third kappa shape index (κ3) is 3.61. The van der Waals surface area contributed by atoms with Crippen LogP contribution in [0.2, 0.25) is 0 Å². The standard InChI is InChI=1S/C19H16Br2O3S/c1-23-12-9-7-11(8-10-12)15(20)16(21)17(22)19-18(24-2)13-5-3-4-6-14(13)25-19/h3-10,15-16H,1-2H3. The number of Topliss-reactive ketones (excluding diaryl/α,β-unsaturated/α-hetero) is 1. The van der Waals surface area contributed by atoms with Crippen LogP contribution in [0.1, 0.15) is 20.1 Å². The first kappa shape index (κ1) is 18.4. The van der Waals surface area contributed by atoms with Crippen molar-refractivity contribution >= 4 is 59.1 Å². The molecule has 0 amide bonds. The van der Waals surface area contributed by atoms with Crippen molar-refractivity contribution < 1.29 is 14.3 Å². The quantitative estimate of drug-likeness (QED) is 0.318. The predicted molar refractivity (Wildman–Crippen MR) is 110 cm³/mol. The zero-order chi connectivity index (χ0) is 18.0. The van der Waals surface area contributed by atoms with Crippen molar-refractivity contribution in [2.24, 2.45) is 0 Å². The van der Waals surface area contributed by atoms with Gasteiger partial charge in [-0.2, -0.15) is 0 Å². The lowest BCUT2D eigenvalue weighted by Gasteiger charge is -2.16. The monoisotopic (exact) mass is 482 g/mol. The van der Waals surface area contributed by atoms with Crippen molar-refractivity contribution in [3.05, 3.63) is 59.0 Å². The molecule has 0 aliphatic carbocycles. The fourth-order valence-electron chi connectivity index (χ4n) is 2.60. The molecule has 1 aromatic heterocycles. The number of ether oxygens (including phenoxy) is 2. The van der Waals surface area contributed by atoms with Crippen molar-refractivity contribution in [1.82, 2.24) is 0 Å². The normalized spacial score (nSPS) is 13.4. The number of rotatable bonds is 6. The van der Waals surface area contributed by atoms with Crippen LogP contribution in [0.15, 0.2) is 48.5 Å². The van der Waals surface area contributed by atoms with Crippen LogP contribution >= 0.6 is 43.2 Å². The summed E-state index contributed by atoms with van der Waals surface area (Å²) in [5.41, 5.74) is 0.996. The second-order valence-corrected chi connectivity index (χ2v) is 8.43. The first-order valence-electron chi connectivity index (χ1n) is 7.58. The first-order valence-corrected chi connectivity index (χ1v) is 10.2. The third-order valence-electron chi connectivity index (χ3n) is 3.92. The van der Waals surface area contributed by atoms with Gasteiger partial charge in [-0.3, -0.25) is 4.79 Å². The molecule has 0 fully saturated rings. The lowest BCUT2D eigenvalue weighted by atomic mass is 10.1. The first-order chi connectivity index (χ1) is 12.1. The zero-order valence-corrected chi connectivity index (χ0v) is 17.7. The summed E-state index contributed by atoms with van der Waals surface area (Å²) in [5.74, 6) is 1.42. The van der Waals surface area contributed by atoms with Gasteiger partial charge in [-0.15, -0.1) is 11.3 Å².